The van der Waals surface area contributed by atoms with Gasteiger partial charge in [0.1, 0.15) is 5.75 Å². The molecule has 0 bridgehead atoms. The van der Waals surface area contributed by atoms with Crippen molar-refractivity contribution in [1.82, 2.24) is 10.7 Å². The Balaban J connectivity index is 1.38. The number of carbonyl (C=O) groups is 3. The number of aromatic hydroxyl groups is 1. The van der Waals surface area contributed by atoms with Crippen LogP contribution in [0.3, 0.4) is 0 Å². The van der Waals surface area contributed by atoms with Gasteiger partial charge in [0.25, 0.3) is 11.8 Å². The summed E-state index contributed by atoms with van der Waals surface area (Å²) in [5, 5.41) is 19.0. The highest BCUT2D eigenvalue weighted by molar-refractivity contribution is 7.16. The van der Waals surface area contributed by atoms with Crippen LogP contribution in [0.25, 0.3) is 10.4 Å². The van der Waals surface area contributed by atoms with Crippen LogP contribution in [0, 0.1) is 0 Å². The molecule has 40 heavy (non-hydrogen) atoms. The zero-order chi connectivity index (χ0) is 29.0. The molecule has 0 spiro atoms. The molecule has 8 nitrogen and oxygen atoms in total. The molecule has 5 N–H and O–H groups in total. The summed E-state index contributed by atoms with van der Waals surface area (Å²) in [7, 11) is 0. The average molecular weight is 587 g/mol. The van der Waals surface area contributed by atoms with Crippen molar-refractivity contribution < 1.29 is 32.7 Å². The van der Waals surface area contributed by atoms with Gasteiger partial charge in [-0.3, -0.25) is 14.4 Å². The largest absolute Gasteiger partial charge is 0.506 e. The fourth-order valence-corrected chi connectivity index (χ4v) is 5.38. The summed E-state index contributed by atoms with van der Waals surface area (Å²) >= 11 is 2.08. The lowest BCUT2D eigenvalue weighted by Crippen LogP contribution is -2.22. The first-order valence-electron chi connectivity index (χ1n) is 11.5. The number of amides is 3. The Hall–Kier alpha value is -4.49. The van der Waals surface area contributed by atoms with E-state index in [0.717, 1.165) is 34.8 Å². The van der Waals surface area contributed by atoms with Gasteiger partial charge in [-0.2, -0.15) is 18.3 Å². The van der Waals surface area contributed by atoms with Crippen molar-refractivity contribution in [2.24, 2.45) is 10.8 Å². The summed E-state index contributed by atoms with van der Waals surface area (Å²) < 4.78 is 38.5. The molecule has 0 unspecified atom stereocenters. The van der Waals surface area contributed by atoms with Crippen molar-refractivity contribution >= 4 is 46.1 Å². The maximum absolute atomic E-state index is 12.8. The van der Waals surface area contributed by atoms with E-state index in [9.17, 15) is 32.7 Å². The highest BCUT2D eigenvalue weighted by atomic mass is 32.1. The molecule has 4 aromatic rings. The fraction of sp³-hybridized carbons (Fsp3) is 0.111. The molecule has 0 fully saturated rings. The molecule has 4 rings (SSSR count). The average Bonchev–Trinajstić information content (AvgIpc) is 3.57. The van der Waals surface area contributed by atoms with Crippen LogP contribution in [-0.4, -0.2) is 28.5 Å². The fourth-order valence-electron chi connectivity index (χ4n) is 3.56. The molecule has 0 aliphatic rings. The standard InChI is InChI=1S/C27H21F3N4O4S2/c1-14(19-13-39-23(22(19)35)16-5-7-18(8-6-16)27(28,29)30)33-34-26(38)21-10-9-20(40-21)25(37)32-12-15-3-2-4-17(11-15)24(31)36/h2-11,13,35H,12H2,1H3,(H2,31,36)(H,32,37)(H,34,38)/b33-14+. The smallest absolute Gasteiger partial charge is 0.416 e. The first-order valence-corrected chi connectivity index (χ1v) is 13.2. The summed E-state index contributed by atoms with van der Waals surface area (Å²) in [6, 6.07) is 13.9. The molecule has 13 heteroatoms. The third kappa shape index (κ3) is 6.55. The Morgan fingerprint density at radius 3 is 2.33 bits per heavy atom. The lowest BCUT2D eigenvalue weighted by Gasteiger charge is -2.07. The van der Waals surface area contributed by atoms with Gasteiger partial charge in [-0.05, 0) is 54.4 Å². The van der Waals surface area contributed by atoms with Crippen molar-refractivity contribution in [3.63, 3.8) is 0 Å². The van der Waals surface area contributed by atoms with E-state index < -0.39 is 29.5 Å². The monoisotopic (exact) mass is 586 g/mol. The number of hydrazone groups is 1. The summed E-state index contributed by atoms with van der Waals surface area (Å²) in [6.07, 6.45) is -4.46. The normalized spacial score (nSPS) is 11.8. The van der Waals surface area contributed by atoms with Crippen molar-refractivity contribution in [2.45, 2.75) is 19.6 Å². The Labute approximate surface area is 234 Å². The highest BCUT2D eigenvalue weighted by Gasteiger charge is 2.30. The number of primary amides is 1. The number of carbonyl (C=O) groups excluding carboxylic acids is 3. The molecule has 2 aromatic carbocycles. The number of benzene rings is 2. The van der Waals surface area contributed by atoms with E-state index in [4.69, 9.17) is 5.73 Å². The number of alkyl halides is 3. The van der Waals surface area contributed by atoms with Gasteiger partial charge in [0.05, 0.1) is 31.5 Å². The molecule has 2 heterocycles. The van der Waals surface area contributed by atoms with Gasteiger partial charge in [0.15, 0.2) is 0 Å². The van der Waals surface area contributed by atoms with Gasteiger partial charge >= 0.3 is 6.18 Å². The lowest BCUT2D eigenvalue weighted by molar-refractivity contribution is -0.137. The number of halogens is 3. The zero-order valence-electron chi connectivity index (χ0n) is 20.7. The van der Waals surface area contributed by atoms with Gasteiger partial charge in [0.2, 0.25) is 5.91 Å². The Morgan fingerprint density at radius 1 is 1.00 bits per heavy atom. The maximum Gasteiger partial charge on any atom is 0.416 e. The minimum atomic E-state index is -4.46. The molecule has 0 atom stereocenters. The second-order valence-corrected chi connectivity index (χ2v) is 10.4. The number of hydrogen-bond donors (Lipinski definition) is 4. The van der Waals surface area contributed by atoms with Crippen LogP contribution in [0.5, 0.6) is 5.75 Å². The highest BCUT2D eigenvalue weighted by Crippen LogP contribution is 2.40. The Bertz CT molecular complexity index is 1610. The van der Waals surface area contributed by atoms with Gasteiger partial charge in [-0.25, -0.2) is 5.43 Å². The van der Waals surface area contributed by atoms with Crippen molar-refractivity contribution in [3.05, 3.63) is 98.1 Å². The van der Waals surface area contributed by atoms with E-state index in [-0.39, 0.29) is 27.8 Å². The van der Waals surface area contributed by atoms with E-state index in [1.807, 2.05) is 0 Å². The van der Waals surface area contributed by atoms with Crippen LogP contribution in [0.4, 0.5) is 13.2 Å². The number of nitrogens with zero attached hydrogens (tertiary/aromatic N) is 1. The van der Waals surface area contributed by atoms with Gasteiger partial charge in [0, 0.05) is 17.5 Å². The molecule has 0 saturated heterocycles. The third-order valence-electron chi connectivity index (χ3n) is 5.67. The van der Waals surface area contributed by atoms with Gasteiger partial charge in [-0.1, -0.05) is 24.3 Å². The molecular weight excluding hydrogens is 565 g/mol. The number of hydrogen-bond acceptors (Lipinski definition) is 7. The molecule has 0 radical (unpaired) electrons. The zero-order valence-corrected chi connectivity index (χ0v) is 22.3. The molecule has 0 aliphatic heterocycles. The van der Waals surface area contributed by atoms with Crippen molar-refractivity contribution in [2.75, 3.05) is 0 Å². The summed E-state index contributed by atoms with van der Waals surface area (Å²) in [4.78, 5) is 37.3. The predicted octanol–water partition coefficient (Wildman–Crippen LogP) is 5.38. The molecule has 0 aliphatic carbocycles. The van der Waals surface area contributed by atoms with Crippen LogP contribution >= 0.6 is 22.7 Å². The van der Waals surface area contributed by atoms with Gasteiger partial charge < -0.3 is 16.2 Å². The number of nitrogens with two attached hydrogens (primary N) is 1. The van der Waals surface area contributed by atoms with Crippen LogP contribution in [0.15, 0.2) is 71.1 Å². The van der Waals surface area contributed by atoms with Crippen LogP contribution in [0.2, 0.25) is 0 Å². The van der Waals surface area contributed by atoms with Crippen LogP contribution < -0.4 is 16.5 Å². The summed E-state index contributed by atoms with van der Waals surface area (Å²) in [5.74, 6) is -1.73. The number of rotatable bonds is 8. The first-order chi connectivity index (χ1) is 18.9. The number of thiophene rings is 2. The van der Waals surface area contributed by atoms with E-state index in [1.165, 1.54) is 24.3 Å². The van der Waals surface area contributed by atoms with Crippen molar-refractivity contribution in [1.29, 1.82) is 0 Å². The van der Waals surface area contributed by atoms with Crippen LogP contribution in [-0.2, 0) is 12.7 Å². The van der Waals surface area contributed by atoms with Crippen LogP contribution in [0.1, 0.15) is 53.3 Å². The predicted molar refractivity (Wildman–Crippen MR) is 147 cm³/mol. The third-order valence-corrected chi connectivity index (χ3v) is 7.77. The summed E-state index contributed by atoms with van der Waals surface area (Å²) in [5.41, 5.74) is 8.85. The first kappa shape index (κ1) is 28.5. The topological polar surface area (TPSA) is 134 Å². The van der Waals surface area contributed by atoms with Gasteiger partial charge in [-0.15, -0.1) is 22.7 Å². The molecule has 206 valence electrons. The SMILES string of the molecule is C/C(=N\NC(=O)c1ccc(C(=O)NCc2cccc(C(N)=O)c2)s1)c1csc(-c2ccc(C(F)(F)F)cc2)c1O. The van der Waals surface area contributed by atoms with E-state index in [2.05, 4.69) is 15.8 Å². The molecule has 3 amide bonds. The van der Waals surface area contributed by atoms with Crippen molar-refractivity contribution in [3.8, 4) is 16.2 Å². The molecule has 2 aromatic heterocycles. The molecular formula is C27H21F3N4O4S2. The lowest BCUT2D eigenvalue weighted by atomic mass is 10.1. The molecule has 0 saturated carbocycles. The van der Waals surface area contributed by atoms with E-state index >= 15 is 0 Å². The minimum absolute atomic E-state index is 0.154. The maximum atomic E-state index is 12.8. The Morgan fingerprint density at radius 2 is 1.68 bits per heavy atom. The van der Waals surface area contributed by atoms with E-state index in [1.54, 1.807) is 36.6 Å². The second kappa shape index (κ2) is 11.7. The second-order valence-electron chi connectivity index (χ2n) is 8.45. The Kier molecular flexibility index (Phi) is 8.35. The number of nitrogens with one attached hydrogen (secondary N) is 2. The van der Waals surface area contributed by atoms with E-state index in [0.29, 0.717) is 27.1 Å². The quantitative estimate of drug-likeness (QED) is 0.163. The summed E-state index contributed by atoms with van der Waals surface area (Å²) in [6.45, 7) is 1.71. The minimum Gasteiger partial charge on any atom is -0.506 e.